The summed E-state index contributed by atoms with van der Waals surface area (Å²) in [7, 11) is 0. The summed E-state index contributed by atoms with van der Waals surface area (Å²) in [6, 6.07) is 2.36. The van der Waals surface area contributed by atoms with E-state index < -0.39 is 0 Å². The van der Waals surface area contributed by atoms with E-state index in [1.54, 1.807) is 11.3 Å². The zero-order chi connectivity index (χ0) is 24.6. The Morgan fingerprint density at radius 1 is 1.08 bits per heavy atom. The lowest BCUT2D eigenvalue weighted by molar-refractivity contribution is -0.0205. The van der Waals surface area contributed by atoms with Crippen molar-refractivity contribution in [3.05, 3.63) is 23.7 Å². The Morgan fingerprint density at radius 3 is 2.69 bits per heavy atom. The van der Waals surface area contributed by atoms with Crippen molar-refractivity contribution in [1.82, 2.24) is 19.9 Å². The molecular weight excluding hydrogens is 472 g/mol. The van der Waals surface area contributed by atoms with Gasteiger partial charge in [0, 0.05) is 37.9 Å². The monoisotopic (exact) mass is 508 g/mol. The highest BCUT2D eigenvalue weighted by Gasteiger charge is 2.31. The molecule has 0 radical (unpaired) electrons. The van der Waals surface area contributed by atoms with Crippen molar-refractivity contribution < 1.29 is 9.84 Å². The molecule has 3 saturated carbocycles. The summed E-state index contributed by atoms with van der Waals surface area (Å²) in [5.41, 5.74) is 4.07. The van der Waals surface area contributed by atoms with Crippen LogP contribution in [-0.2, 0) is 4.74 Å². The number of hydrogen-bond acceptors (Lipinski definition) is 9. The zero-order valence-corrected chi connectivity index (χ0v) is 22.0. The molecule has 192 valence electrons. The molecule has 0 aromatic carbocycles. The molecule has 0 unspecified atom stereocenters. The molecule has 3 heterocycles. The van der Waals surface area contributed by atoms with Crippen LogP contribution in [0, 0.1) is 18.8 Å². The van der Waals surface area contributed by atoms with Gasteiger partial charge in [-0.3, -0.25) is 4.98 Å². The molecule has 2 atom stereocenters. The molecule has 0 saturated heterocycles. The number of aliphatic hydroxyl groups is 1. The fourth-order valence-electron chi connectivity index (χ4n) is 5.66. The topological polar surface area (TPSA) is 105 Å². The molecule has 9 heteroatoms. The quantitative estimate of drug-likeness (QED) is 0.346. The van der Waals surface area contributed by atoms with E-state index in [1.807, 2.05) is 6.20 Å². The number of aryl methyl sites for hydroxylation is 1. The van der Waals surface area contributed by atoms with E-state index >= 15 is 0 Å². The van der Waals surface area contributed by atoms with Crippen molar-refractivity contribution in [1.29, 1.82) is 0 Å². The van der Waals surface area contributed by atoms with Crippen LogP contribution in [0.4, 0.5) is 11.8 Å². The third kappa shape index (κ3) is 4.93. The van der Waals surface area contributed by atoms with Gasteiger partial charge in [0.15, 0.2) is 0 Å². The average molecular weight is 509 g/mol. The fourth-order valence-corrected chi connectivity index (χ4v) is 6.73. The van der Waals surface area contributed by atoms with Crippen LogP contribution < -0.4 is 10.6 Å². The Kier molecular flexibility index (Phi) is 6.79. The molecule has 0 amide bonds. The summed E-state index contributed by atoms with van der Waals surface area (Å²) in [5, 5.41) is 17.8. The van der Waals surface area contributed by atoms with Crippen LogP contribution >= 0.6 is 11.3 Å². The lowest BCUT2D eigenvalue weighted by atomic mass is 9.82. The second-order valence-corrected chi connectivity index (χ2v) is 11.7. The number of hydrogen-bond donors (Lipinski definition) is 3. The van der Waals surface area contributed by atoms with E-state index in [0.717, 1.165) is 78.5 Å². The van der Waals surface area contributed by atoms with Gasteiger partial charge >= 0.3 is 0 Å². The minimum absolute atomic E-state index is 0.250. The molecule has 3 fully saturated rings. The lowest BCUT2D eigenvalue weighted by Crippen LogP contribution is -2.35. The number of ether oxygens (including phenoxy) is 1. The predicted octanol–water partition coefficient (Wildman–Crippen LogP) is 5.13. The second-order valence-electron chi connectivity index (χ2n) is 10.7. The van der Waals surface area contributed by atoms with Crippen molar-refractivity contribution in [2.45, 2.75) is 76.9 Å². The van der Waals surface area contributed by atoms with Crippen molar-refractivity contribution in [3.8, 4) is 10.6 Å². The number of nitrogens with one attached hydrogen (secondary N) is 2. The van der Waals surface area contributed by atoms with Gasteiger partial charge in [0.25, 0.3) is 0 Å². The second kappa shape index (κ2) is 10.2. The molecule has 0 bridgehead atoms. The standard InChI is InChI=1S/C27H36N6O2S/c1-3-35-20-11-17(12-20)13-29-27-30-15(2)22(25(33-27)31-19-7-4-16(10-19)14-34)26-32-24-21(36-26)8-9-28-23(24)18-5-6-18/h8-9,16-20,34H,3-7,10-14H2,1-2H3,(H2,29,30,31,33)/t16-,17?,19+,20?/m1/s1. The summed E-state index contributed by atoms with van der Waals surface area (Å²) in [6.07, 6.45) is 9.94. The lowest BCUT2D eigenvalue weighted by Gasteiger charge is -2.35. The SMILES string of the molecule is CCOC1CC(CNc2nc(C)c(-c3nc4c(C5CC5)nccc4s3)c(N[C@H]3CC[C@@H](CO)C3)n2)C1. The maximum Gasteiger partial charge on any atom is 0.224 e. The largest absolute Gasteiger partial charge is 0.396 e. The first-order valence-corrected chi connectivity index (χ1v) is 14.3. The van der Waals surface area contributed by atoms with Gasteiger partial charge < -0.3 is 20.5 Å². The molecule has 3 N–H and O–H groups in total. The number of thiazole rings is 1. The van der Waals surface area contributed by atoms with Crippen LogP contribution in [-0.4, -0.2) is 56.9 Å². The van der Waals surface area contributed by atoms with Crippen LogP contribution in [0.3, 0.4) is 0 Å². The molecule has 36 heavy (non-hydrogen) atoms. The van der Waals surface area contributed by atoms with E-state index in [2.05, 4.69) is 35.5 Å². The van der Waals surface area contributed by atoms with Crippen molar-refractivity contribution >= 4 is 33.3 Å². The van der Waals surface area contributed by atoms with Gasteiger partial charge in [0.05, 0.1) is 27.8 Å². The number of nitrogens with zero attached hydrogens (tertiary/aromatic N) is 4. The first-order valence-electron chi connectivity index (χ1n) is 13.5. The molecule has 0 aliphatic heterocycles. The van der Waals surface area contributed by atoms with Gasteiger partial charge in [-0.1, -0.05) is 0 Å². The molecule has 3 aromatic heterocycles. The number of rotatable bonds is 10. The minimum Gasteiger partial charge on any atom is -0.396 e. The van der Waals surface area contributed by atoms with Crippen molar-refractivity contribution in [2.75, 3.05) is 30.4 Å². The highest BCUT2D eigenvalue weighted by atomic mass is 32.1. The molecule has 3 aliphatic rings. The smallest absolute Gasteiger partial charge is 0.224 e. The Labute approximate surface area is 216 Å². The molecule has 8 nitrogen and oxygen atoms in total. The average Bonchev–Trinajstić information content (AvgIpc) is 3.44. The summed E-state index contributed by atoms with van der Waals surface area (Å²) < 4.78 is 6.88. The van der Waals surface area contributed by atoms with E-state index in [-0.39, 0.29) is 6.61 Å². The fraction of sp³-hybridized carbons (Fsp3) is 0.630. The number of fused-ring (bicyclic) bond motifs is 1. The summed E-state index contributed by atoms with van der Waals surface area (Å²) in [4.78, 5) is 19.6. The number of aliphatic hydroxyl groups excluding tert-OH is 1. The van der Waals surface area contributed by atoms with Crippen LogP contribution in [0.5, 0.6) is 0 Å². The van der Waals surface area contributed by atoms with Crippen LogP contribution in [0.1, 0.15) is 69.2 Å². The van der Waals surface area contributed by atoms with Gasteiger partial charge in [-0.15, -0.1) is 11.3 Å². The molecule has 6 rings (SSSR count). The number of aromatic nitrogens is 4. The first kappa shape index (κ1) is 24.0. The maximum absolute atomic E-state index is 9.64. The normalized spacial score (nSPS) is 25.8. The van der Waals surface area contributed by atoms with Gasteiger partial charge in [-0.2, -0.15) is 4.98 Å². The van der Waals surface area contributed by atoms with Crippen molar-refractivity contribution in [2.24, 2.45) is 11.8 Å². The van der Waals surface area contributed by atoms with E-state index in [4.69, 9.17) is 19.7 Å². The van der Waals surface area contributed by atoms with Crippen LogP contribution in [0.25, 0.3) is 20.8 Å². The van der Waals surface area contributed by atoms with Crippen LogP contribution in [0.2, 0.25) is 0 Å². The Balaban J connectivity index is 1.29. The first-order chi connectivity index (χ1) is 17.6. The predicted molar refractivity (Wildman–Crippen MR) is 144 cm³/mol. The number of pyridine rings is 1. The number of anilines is 2. The zero-order valence-electron chi connectivity index (χ0n) is 21.2. The summed E-state index contributed by atoms with van der Waals surface area (Å²) >= 11 is 1.70. The molecule has 3 aromatic rings. The maximum atomic E-state index is 9.64. The minimum atomic E-state index is 0.250. The molecule has 0 spiro atoms. The molecule has 3 aliphatic carbocycles. The van der Waals surface area contributed by atoms with Gasteiger partial charge in [-0.05, 0) is 76.7 Å². The summed E-state index contributed by atoms with van der Waals surface area (Å²) in [5.74, 6) is 3.01. The summed E-state index contributed by atoms with van der Waals surface area (Å²) in [6.45, 7) is 6.00. The highest BCUT2D eigenvalue weighted by molar-refractivity contribution is 7.21. The Bertz CT molecular complexity index is 1220. The van der Waals surface area contributed by atoms with E-state index in [9.17, 15) is 5.11 Å². The Morgan fingerprint density at radius 2 is 1.94 bits per heavy atom. The molecular formula is C27H36N6O2S. The highest BCUT2D eigenvalue weighted by Crippen LogP contribution is 2.44. The van der Waals surface area contributed by atoms with Gasteiger partial charge in [-0.25, -0.2) is 9.97 Å². The van der Waals surface area contributed by atoms with Gasteiger partial charge in [0.1, 0.15) is 16.3 Å². The van der Waals surface area contributed by atoms with Gasteiger partial charge in [0.2, 0.25) is 5.95 Å². The third-order valence-corrected chi connectivity index (χ3v) is 8.93. The third-order valence-electron chi connectivity index (χ3n) is 7.89. The van der Waals surface area contributed by atoms with E-state index in [1.165, 1.54) is 17.5 Å². The van der Waals surface area contributed by atoms with E-state index in [0.29, 0.717) is 35.8 Å². The van der Waals surface area contributed by atoms with Crippen molar-refractivity contribution in [3.63, 3.8) is 0 Å². The van der Waals surface area contributed by atoms with Crippen LogP contribution in [0.15, 0.2) is 12.3 Å². The Hall–Kier alpha value is -2.36.